The molecular formula is C14H24N4O. The van der Waals surface area contributed by atoms with Crippen LogP contribution in [0.15, 0.2) is 12.3 Å². The van der Waals surface area contributed by atoms with Gasteiger partial charge in [0.15, 0.2) is 0 Å². The summed E-state index contributed by atoms with van der Waals surface area (Å²) in [5.41, 5.74) is 5.13. The minimum absolute atomic E-state index is 0.292. The summed E-state index contributed by atoms with van der Waals surface area (Å²) in [5, 5.41) is 7.93. The molecular weight excluding hydrogens is 240 g/mol. The zero-order chi connectivity index (χ0) is 13.8. The maximum absolute atomic E-state index is 10.7. The molecule has 0 aliphatic heterocycles. The number of nitrogens with two attached hydrogens (primary N) is 1. The molecule has 1 heterocycles. The van der Waals surface area contributed by atoms with Gasteiger partial charge in [-0.1, -0.05) is 13.8 Å². The molecule has 0 saturated heterocycles. The van der Waals surface area contributed by atoms with Crippen LogP contribution in [-0.2, 0) is 11.3 Å². The lowest BCUT2D eigenvalue weighted by molar-refractivity contribution is -0.118. The number of nitrogens with one attached hydrogen (secondary N) is 1. The SMILES string of the molecule is C[C@@H]1CC(Nc2ccn(CCC(N)=O)n2)C[C@@H](C)C1. The smallest absolute Gasteiger partial charge is 0.219 e. The number of hydrogen-bond acceptors (Lipinski definition) is 3. The number of hydrogen-bond donors (Lipinski definition) is 2. The number of anilines is 1. The highest BCUT2D eigenvalue weighted by Crippen LogP contribution is 2.30. The monoisotopic (exact) mass is 264 g/mol. The predicted molar refractivity (Wildman–Crippen MR) is 75.6 cm³/mol. The Balaban J connectivity index is 1.87. The number of amides is 1. The second kappa shape index (κ2) is 6.08. The Labute approximate surface area is 114 Å². The number of aromatic nitrogens is 2. The van der Waals surface area contributed by atoms with E-state index < -0.39 is 0 Å². The summed E-state index contributed by atoms with van der Waals surface area (Å²) < 4.78 is 1.77. The number of aryl methyl sites for hydroxylation is 1. The fraction of sp³-hybridized carbons (Fsp3) is 0.714. The third-order valence-corrected chi connectivity index (χ3v) is 3.76. The van der Waals surface area contributed by atoms with Gasteiger partial charge in [0.1, 0.15) is 5.82 Å². The first-order valence-corrected chi connectivity index (χ1v) is 7.11. The van der Waals surface area contributed by atoms with Gasteiger partial charge in [-0.2, -0.15) is 5.10 Å². The van der Waals surface area contributed by atoms with Crippen molar-refractivity contribution in [3.63, 3.8) is 0 Å². The molecule has 1 aliphatic carbocycles. The van der Waals surface area contributed by atoms with Gasteiger partial charge in [0.25, 0.3) is 0 Å². The largest absolute Gasteiger partial charge is 0.370 e. The number of carbonyl (C=O) groups is 1. The Morgan fingerprint density at radius 2 is 2.11 bits per heavy atom. The summed E-state index contributed by atoms with van der Waals surface area (Å²) in [6.07, 6.45) is 5.96. The topological polar surface area (TPSA) is 72.9 Å². The maximum Gasteiger partial charge on any atom is 0.219 e. The van der Waals surface area contributed by atoms with Gasteiger partial charge < -0.3 is 11.1 Å². The van der Waals surface area contributed by atoms with E-state index in [-0.39, 0.29) is 5.91 Å². The van der Waals surface area contributed by atoms with E-state index in [1.54, 1.807) is 4.68 Å². The molecule has 0 unspecified atom stereocenters. The summed E-state index contributed by atoms with van der Waals surface area (Å²) in [6.45, 7) is 5.18. The Kier molecular flexibility index (Phi) is 4.45. The van der Waals surface area contributed by atoms with Crippen molar-refractivity contribution in [2.24, 2.45) is 17.6 Å². The molecule has 0 spiro atoms. The van der Waals surface area contributed by atoms with Crippen molar-refractivity contribution in [2.75, 3.05) is 5.32 Å². The average molecular weight is 264 g/mol. The number of nitrogens with zero attached hydrogens (tertiary/aromatic N) is 2. The fourth-order valence-corrected chi connectivity index (χ4v) is 3.06. The molecule has 2 rings (SSSR count). The van der Waals surface area contributed by atoms with Crippen LogP contribution in [0.5, 0.6) is 0 Å². The zero-order valence-corrected chi connectivity index (χ0v) is 11.8. The molecule has 5 heteroatoms. The van der Waals surface area contributed by atoms with Gasteiger partial charge in [-0.05, 0) is 31.1 Å². The molecule has 1 fully saturated rings. The molecule has 1 aliphatic rings. The number of primary amides is 1. The average Bonchev–Trinajstić information content (AvgIpc) is 2.72. The van der Waals surface area contributed by atoms with Crippen LogP contribution in [0.4, 0.5) is 5.82 Å². The predicted octanol–water partition coefficient (Wildman–Crippen LogP) is 2.00. The first-order chi connectivity index (χ1) is 9.02. The summed E-state index contributed by atoms with van der Waals surface area (Å²) >= 11 is 0. The van der Waals surface area contributed by atoms with E-state index in [0.29, 0.717) is 19.0 Å². The third kappa shape index (κ3) is 4.26. The van der Waals surface area contributed by atoms with Crippen molar-refractivity contribution >= 4 is 11.7 Å². The first kappa shape index (κ1) is 13.9. The van der Waals surface area contributed by atoms with Gasteiger partial charge in [0.05, 0.1) is 0 Å². The van der Waals surface area contributed by atoms with E-state index >= 15 is 0 Å². The van der Waals surface area contributed by atoms with Crippen molar-refractivity contribution in [2.45, 2.75) is 52.1 Å². The normalized spacial score (nSPS) is 27.2. The number of carbonyl (C=O) groups excluding carboxylic acids is 1. The van der Waals surface area contributed by atoms with Gasteiger partial charge >= 0.3 is 0 Å². The summed E-state index contributed by atoms with van der Waals surface area (Å²) in [6, 6.07) is 2.48. The molecule has 1 saturated carbocycles. The Morgan fingerprint density at radius 1 is 1.42 bits per heavy atom. The van der Waals surface area contributed by atoms with E-state index in [0.717, 1.165) is 17.7 Å². The summed E-state index contributed by atoms with van der Waals surface area (Å²) in [7, 11) is 0. The van der Waals surface area contributed by atoms with Gasteiger partial charge in [-0.3, -0.25) is 9.48 Å². The molecule has 2 atom stereocenters. The molecule has 0 radical (unpaired) electrons. The van der Waals surface area contributed by atoms with E-state index in [1.165, 1.54) is 19.3 Å². The molecule has 19 heavy (non-hydrogen) atoms. The lowest BCUT2D eigenvalue weighted by Crippen LogP contribution is -2.30. The second-order valence-electron chi connectivity index (χ2n) is 5.94. The molecule has 1 aromatic rings. The van der Waals surface area contributed by atoms with Crippen LogP contribution in [-0.4, -0.2) is 21.7 Å². The van der Waals surface area contributed by atoms with Crippen molar-refractivity contribution in [1.82, 2.24) is 9.78 Å². The van der Waals surface area contributed by atoms with Gasteiger partial charge in [0, 0.05) is 31.3 Å². The molecule has 5 nitrogen and oxygen atoms in total. The molecule has 1 aromatic heterocycles. The quantitative estimate of drug-likeness (QED) is 0.854. The van der Waals surface area contributed by atoms with E-state index in [2.05, 4.69) is 24.3 Å². The fourth-order valence-electron chi connectivity index (χ4n) is 3.06. The molecule has 1 amide bonds. The van der Waals surface area contributed by atoms with Gasteiger partial charge in [-0.25, -0.2) is 0 Å². The Morgan fingerprint density at radius 3 is 2.74 bits per heavy atom. The van der Waals surface area contributed by atoms with Crippen LogP contribution in [0.3, 0.4) is 0 Å². The highest BCUT2D eigenvalue weighted by Gasteiger charge is 2.24. The maximum atomic E-state index is 10.7. The Hall–Kier alpha value is -1.52. The standard InChI is InChI=1S/C14H24N4O/c1-10-7-11(2)9-12(8-10)16-14-4-6-18(17-14)5-3-13(15)19/h4,6,10-12H,3,5,7-9H2,1-2H3,(H2,15,19)(H,16,17)/t10-,11-/m0/s1. The van der Waals surface area contributed by atoms with Crippen molar-refractivity contribution < 1.29 is 4.79 Å². The van der Waals surface area contributed by atoms with E-state index in [9.17, 15) is 4.79 Å². The minimum Gasteiger partial charge on any atom is -0.370 e. The van der Waals surface area contributed by atoms with Gasteiger partial charge in [0.2, 0.25) is 5.91 Å². The van der Waals surface area contributed by atoms with Crippen molar-refractivity contribution in [3.05, 3.63) is 12.3 Å². The Bertz CT molecular complexity index is 419. The lowest BCUT2D eigenvalue weighted by atomic mass is 9.80. The molecule has 0 bridgehead atoms. The summed E-state index contributed by atoms with van der Waals surface area (Å²) in [4.78, 5) is 10.7. The third-order valence-electron chi connectivity index (χ3n) is 3.76. The van der Waals surface area contributed by atoms with Crippen molar-refractivity contribution in [3.8, 4) is 0 Å². The highest BCUT2D eigenvalue weighted by molar-refractivity contribution is 5.73. The highest BCUT2D eigenvalue weighted by atomic mass is 16.1. The van der Waals surface area contributed by atoms with Crippen LogP contribution >= 0.6 is 0 Å². The van der Waals surface area contributed by atoms with E-state index in [4.69, 9.17) is 5.73 Å². The molecule has 3 N–H and O–H groups in total. The van der Waals surface area contributed by atoms with Gasteiger partial charge in [-0.15, -0.1) is 0 Å². The lowest BCUT2D eigenvalue weighted by Gasteiger charge is -2.31. The number of rotatable bonds is 5. The van der Waals surface area contributed by atoms with Crippen LogP contribution in [0, 0.1) is 11.8 Å². The van der Waals surface area contributed by atoms with Crippen molar-refractivity contribution in [1.29, 1.82) is 0 Å². The van der Waals surface area contributed by atoms with Crippen LogP contribution in [0.2, 0.25) is 0 Å². The molecule has 106 valence electrons. The van der Waals surface area contributed by atoms with E-state index in [1.807, 2.05) is 12.3 Å². The van der Waals surface area contributed by atoms with Crippen LogP contribution in [0.1, 0.15) is 39.5 Å². The van der Waals surface area contributed by atoms with Crippen LogP contribution < -0.4 is 11.1 Å². The molecule has 0 aromatic carbocycles. The minimum atomic E-state index is -0.292. The first-order valence-electron chi connectivity index (χ1n) is 7.11. The second-order valence-corrected chi connectivity index (χ2v) is 5.94. The summed E-state index contributed by atoms with van der Waals surface area (Å²) in [5.74, 6) is 2.16. The zero-order valence-electron chi connectivity index (χ0n) is 11.8. The van der Waals surface area contributed by atoms with Crippen LogP contribution in [0.25, 0.3) is 0 Å².